The third-order valence-corrected chi connectivity index (χ3v) is 2.32. The van der Waals surface area contributed by atoms with Gasteiger partial charge in [0.25, 0.3) is 0 Å². The molecule has 100 valence electrons. The molecule has 0 saturated heterocycles. The maximum atomic E-state index is 13.0. The largest absolute Gasteiger partial charge is 0.495 e. The predicted octanol–water partition coefficient (Wildman–Crippen LogP) is 1.17. The Morgan fingerprint density at radius 2 is 2.22 bits per heavy atom. The number of benzene rings is 1. The van der Waals surface area contributed by atoms with Crippen LogP contribution in [0.15, 0.2) is 18.2 Å². The van der Waals surface area contributed by atoms with Crippen molar-refractivity contribution in [1.82, 2.24) is 0 Å². The fourth-order valence-corrected chi connectivity index (χ4v) is 1.39. The minimum atomic E-state index is -0.912. The molecule has 0 spiro atoms. The van der Waals surface area contributed by atoms with Crippen LogP contribution in [0.4, 0.5) is 10.1 Å². The first-order valence-electron chi connectivity index (χ1n) is 5.39. The van der Waals surface area contributed by atoms with Gasteiger partial charge in [-0.05, 0) is 12.1 Å². The number of nitrogens with one attached hydrogen (secondary N) is 1. The van der Waals surface area contributed by atoms with Crippen molar-refractivity contribution in [3.05, 3.63) is 24.0 Å². The van der Waals surface area contributed by atoms with Crippen molar-refractivity contribution in [2.24, 2.45) is 0 Å². The smallest absolute Gasteiger partial charge is 0.308 e. The van der Waals surface area contributed by atoms with Crippen molar-refractivity contribution >= 4 is 11.7 Å². The highest BCUT2D eigenvalue weighted by atomic mass is 19.1. The molecule has 5 nitrogen and oxygen atoms in total. The topological polar surface area (TPSA) is 67.8 Å². The Kier molecular flexibility index (Phi) is 5.38. The number of esters is 1. The van der Waals surface area contributed by atoms with Crippen LogP contribution in [0.25, 0.3) is 0 Å². The zero-order chi connectivity index (χ0) is 13.5. The minimum Gasteiger partial charge on any atom is -0.495 e. The van der Waals surface area contributed by atoms with E-state index in [1.165, 1.54) is 32.4 Å². The van der Waals surface area contributed by atoms with Crippen LogP contribution in [0.1, 0.15) is 6.42 Å². The number of halogens is 1. The molecule has 0 aliphatic carbocycles. The second kappa shape index (κ2) is 6.80. The van der Waals surface area contributed by atoms with Crippen LogP contribution in [0.5, 0.6) is 5.75 Å². The van der Waals surface area contributed by atoms with Crippen LogP contribution in [-0.4, -0.2) is 37.9 Å². The van der Waals surface area contributed by atoms with Gasteiger partial charge in [0.1, 0.15) is 11.6 Å². The van der Waals surface area contributed by atoms with Gasteiger partial charge in [-0.25, -0.2) is 4.39 Å². The summed E-state index contributed by atoms with van der Waals surface area (Å²) in [4.78, 5) is 10.9. The van der Waals surface area contributed by atoms with Gasteiger partial charge in [-0.15, -0.1) is 0 Å². The molecular formula is C12H16FNO4. The van der Waals surface area contributed by atoms with Crippen molar-refractivity contribution in [2.75, 3.05) is 26.1 Å². The first-order chi connectivity index (χ1) is 8.56. The molecule has 0 heterocycles. The highest BCUT2D eigenvalue weighted by molar-refractivity contribution is 5.69. The molecule has 0 bridgehead atoms. The summed E-state index contributed by atoms with van der Waals surface area (Å²) >= 11 is 0. The Balaban J connectivity index is 2.57. The molecule has 0 saturated carbocycles. The zero-order valence-electron chi connectivity index (χ0n) is 10.3. The molecule has 1 atom stereocenters. The summed E-state index contributed by atoms with van der Waals surface area (Å²) < 4.78 is 22.5. The average molecular weight is 257 g/mol. The van der Waals surface area contributed by atoms with Gasteiger partial charge in [0.2, 0.25) is 0 Å². The standard InChI is InChI=1S/C12H16FNO4/c1-17-11-4-3-8(13)5-10(11)14-7-9(15)6-12(16)18-2/h3-5,9,14-15H,6-7H2,1-2H3. The number of ether oxygens (including phenoxy) is 2. The van der Waals surface area contributed by atoms with Crippen LogP contribution in [0, 0.1) is 5.82 Å². The molecule has 0 amide bonds. The highest BCUT2D eigenvalue weighted by Gasteiger charge is 2.12. The molecule has 18 heavy (non-hydrogen) atoms. The number of aliphatic hydroxyl groups is 1. The lowest BCUT2D eigenvalue weighted by molar-refractivity contribution is -0.142. The first kappa shape index (κ1) is 14.2. The number of aliphatic hydroxyl groups excluding tert-OH is 1. The highest BCUT2D eigenvalue weighted by Crippen LogP contribution is 2.24. The maximum Gasteiger partial charge on any atom is 0.308 e. The Labute approximate surface area is 105 Å². The van der Waals surface area contributed by atoms with E-state index in [0.717, 1.165) is 0 Å². The lowest BCUT2D eigenvalue weighted by atomic mass is 10.2. The van der Waals surface area contributed by atoms with E-state index < -0.39 is 17.9 Å². The fraction of sp³-hybridized carbons (Fsp3) is 0.417. The number of methoxy groups -OCH3 is 2. The van der Waals surface area contributed by atoms with E-state index in [-0.39, 0.29) is 13.0 Å². The predicted molar refractivity (Wildman–Crippen MR) is 64.1 cm³/mol. The molecule has 1 aromatic carbocycles. The number of rotatable bonds is 6. The molecule has 0 aliphatic heterocycles. The van der Waals surface area contributed by atoms with Crippen LogP contribution < -0.4 is 10.1 Å². The zero-order valence-corrected chi connectivity index (χ0v) is 10.3. The summed E-state index contributed by atoms with van der Waals surface area (Å²) in [7, 11) is 2.71. The number of hydrogen-bond donors (Lipinski definition) is 2. The Morgan fingerprint density at radius 3 is 2.83 bits per heavy atom. The van der Waals surface area contributed by atoms with E-state index in [1.54, 1.807) is 0 Å². The van der Waals surface area contributed by atoms with E-state index in [2.05, 4.69) is 10.1 Å². The van der Waals surface area contributed by atoms with Crippen molar-refractivity contribution in [2.45, 2.75) is 12.5 Å². The Hall–Kier alpha value is -1.82. The second-order valence-corrected chi connectivity index (χ2v) is 3.66. The first-order valence-corrected chi connectivity index (χ1v) is 5.39. The molecule has 0 aromatic heterocycles. The van der Waals surface area contributed by atoms with E-state index >= 15 is 0 Å². The summed E-state index contributed by atoms with van der Waals surface area (Å²) in [6.45, 7) is 0.0922. The van der Waals surface area contributed by atoms with Crippen molar-refractivity contribution < 1.29 is 23.8 Å². The van der Waals surface area contributed by atoms with Gasteiger partial charge in [0.05, 0.1) is 32.4 Å². The van der Waals surface area contributed by atoms with Crippen molar-refractivity contribution in [3.8, 4) is 5.75 Å². The van der Waals surface area contributed by atoms with Gasteiger partial charge >= 0.3 is 5.97 Å². The quantitative estimate of drug-likeness (QED) is 0.749. The normalized spacial score (nSPS) is 11.8. The molecule has 0 aliphatic rings. The van der Waals surface area contributed by atoms with Crippen molar-refractivity contribution in [1.29, 1.82) is 0 Å². The number of anilines is 1. The number of hydrogen-bond acceptors (Lipinski definition) is 5. The molecule has 1 rings (SSSR count). The van der Waals surface area contributed by atoms with Gasteiger partial charge in [0.15, 0.2) is 0 Å². The summed E-state index contributed by atoms with van der Waals surface area (Å²) in [6.07, 6.45) is -1.04. The molecule has 2 N–H and O–H groups in total. The van der Waals surface area contributed by atoms with Crippen LogP contribution in [0.3, 0.4) is 0 Å². The summed E-state index contributed by atoms with van der Waals surface area (Å²) in [5, 5.41) is 12.4. The van der Waals surface area contributed by atoms with Gasteiger partial charge in [-0.2, -0.15) is 0 Å². The molecule has 0 fully saturated rings. The third-order valence-electron chi connectivity index (χ3n) is 2.32. The third kappa shape index (κ3) is 4.21. The van der Waals surface area contributed by atoms with Gasteiger partial charge in [-0.1, -0.05) is 0 Å². The molecule has 6 heteroatoms. The summed E-state index contributed by atoms with van der Waals surface area (Å²) in [5.74, 6) is -0.460. The second-order valence-electron chi connectivity index (χ2n) is 3.66. The van der Waals surface area contributed by atoms with Crippen LogP contribution in [-0.2, 0) is 9.53 Å². The van der Waals surface area contributed by atoms with Gasteiger partial charge < -0.3 is 19.9 Å². The van der Waals surface area contributed by atoms with Crippen molar-refractivity contribution in [3.63, 3.8) is 0 Å². The van der Waals surface area contributed by atoms with E-state index in [1.807, 2.05) is 0 Å². The number of carbonyl (C=O) groups is 1. The lowest BCUT2D eigenvalue weighted by Crippen LogP contribution is -2.23. The minimum absolute atomic E-state index is 0.0922. The maximum absolute atomic E-state index is 13.0. The monoisotopic (exact) mass is 257 g/mol. The number of carbonyl (C=O) groups excluding carboxylic acids is 1. The van der Waals surface area contributed by atoms with Gasteiger partial charge in [0, 0.05) is 12.6 Å². The molecular weight excluding hydrogens is 241 g/mol. The Bertz CT molecular complexity index is 411. The SMILES string of the molecule is COC(=O)CC(O)CNc1cc(F)ccc1OC. The molecule has 1 unspecified atom stereocenters. The van der Waals surface area contributed by atoms with E-state index in [0.29, 0.717) is 11.4 Å². The van der Waals surface area contributed by atoms with Gasteiger partial charge in [-0.3, -0.25) is 4.79 Å². The van der Waals surface area contributed by atoms with E-state index in [9.17, 15) is 14.3 Å². The van der Waals surface area contributed by atoms with Crippen LogP contribution in [0.2, 0.25) is 0 Å². The fourth-order valence-electron chi connectivity index (χ4n) is 1.39. The van der Waals surface area contributed by atoms with Crippen LogP contribution >= 0.6 is 0 Å². The van der Waals surface area contributed by atoms with E-state index in [4.69, 9.17) is 4.74 Å². The average Bonchev–Trinajstić information content (AvgIpc) is 2.36. The summed E-state index contributed by atoms with van der Waals surface area (Å²) in [5.41, 5.74) is 0.418. The summed E-state index contributed by atoms with van der Waals surface area (Å²) in [6, 6.07) is 4.00. The molecule has 0 radical (unpaired) electrons. The lowest BCUT2D eigenvalue weighted by Gasteiger charge is -2.14. The Morgan fingerprint density at radius 1 is 1.50 bits per heavy atom. The molecule has 1 aromatic rings.